The van der Waals surface area contributed by atoms with Crippen molar-refractivity contribution in [2.75, 3.05) is 6.61 Å². The molecule has 0 unspecified atom stereocenters. The van der Waals surface area contributed by atoms with Crippen molar-refractivity contribution in [2.45, 2.75) is 32.4 Å². The zero-order chi connectivity index (χ0) is 14.7. The Bertz CT molecular complexity index is 626. The Balaban J connectivity index is 1.90. The van der Waals surface area contributed by atoms with Gasteiger partial charge in [0.1, 0.15) is 11.6 Å². The van der Waals surface area contributed by atoms with E-state index in [9.17, 15) is 4.39 Å². The van der Waals surface area contributed by atoms with Crippen LogP contribution in [0.25, 0.3) is 11.1 Å². The SMILES string of the molecule is CCOc1cncc(-c2ccc(F)cc2CNC2CC2)c1. The van der Waals surface area contributed by atoms with E-state index in [0.29, 0.717) is 19.2 Å². The lowest BCUT2D eigenvalue weighted by Crippen LogP contribution is -2.16. The Morgan fingerprint density at radius 2 is 2.14 bits per heavy atom. The Labute approximate surface area is 124 Å². The predicted molar refractivity (Wildman–Crippen MR) is 80.7 cm³/mol. The summed E-state index contributed by atoms with van der Waals surface area (Å²) in [5.41, 5.74) is 2.91. The number of nitrogens with zero attached hydrogens (tertiary/aromatic N) is 1. The first-order valence-electron chi connectivity index (χ1n) is 7.36. The summed E-state index contributed by atoms with van der Waals surface area (Å²) in [4.78, 5) is 4.21. The molecule has 4 heteroatoms. The quantitative estimate of drug-likeness (QED) is 0.882. The molecule has 21 heavy (non-hydrogen) atoms. The summed E-state index contributed by atoms with van der Waals surface area (Å²) < 4.78 is 19.0. The fourth-order valence-corrected chi connectivity index (χ4v) is 2.34. The topological polar surface area (TPSA) is 34.1 Å². The smallest absolute Gasteiger partial charge is 0.138 e. The Morgan fingerprint density at radius 3 is 2.90 bits per heavy atom. The van der Waals surface area contributed by atoms with E-state index in [0.717, 1.165) is 22.4 Å². The number of benzene rings is 1. The number of aromatic nitrogens is 1. The van der Waals surface area contributed by atoms with E-state index in [1.54, 1.807) is 18.5 Å². The molecule has 1 saturated carbocycles. The van der Waals surface area contributed by atoms with Crippen LogP contribution in [0.1, 0.15) is 25.3 Å². The third-order valence-electron chi connectivity index (χ3n) is 3.56. The van der Waals surface area contributed by atoms with Crippen LogP contribution in [0.2, 0.25) is 0 Å². The van der Waals surface area contributed by atoms with Gasteiger partial charge in [0.05, 0.1) is 12.8 Å². The molecule has 0 amide bonds. The number of hydrogen-bond donors (Lipinski definition) is 1. The van der Waals surface area contributed by atoms with E-state index in [1.165, 1.54) is 18.9 Å². The maximum Gasteiger partial charge on any atom is 0.138 e. The van der Waals surface area contributed by atoms with Gasteiger partial charge in [-0.2, -0.15) is 0 Å². The lowest BCUT2D eigenvalue weighted by atomic mass is 10.0. The molecular formula is C17H19FN2O. The Morgan fingerprint density at radius 1 is 1.29 bits per heavy atom. The standard InChI is InChI=1S/C17H19FN2O/c1-2-21-16-8-13(9-19-11-16)17-6-3-14(18)7-12(17)10-20-15-4-5-15/h3,6-9,11,15,20H,2,4-5,10H2,1H3. The second-order valence-corrected chi connectivity index (χ2v) is 5.30. The second kappa shape index (κ2) is 6.22. The predicted octanol–water partition coefficient (Wildman–Crippen LogP) is 3.54. The van der Waals surface area contributed by atoms with Gasteiger partial charge in [0, 0.05) is 24.3 Å². The highest BCUT2D eigenvalue weighted by Gasteiger charge is 2.20. The fraction of sp³-hybridized carbons (Fsp3) is 0.353. The molecule has 0 bridgehead atoms. The van der Waals surface area contributed by atoms with Gasteiger partial charge >= 0.3 is 0 Å². The highest BCUT2D eigenvalue weighted by molar-refractivity contribution is 5.67. The van der Waals surface area contributed by atoms with Crippen molar-refractivity contribution in [1.82, 2.24) is 10.3 Å². The van der Waals surface area contributed by atoms with Crippen LogP contribution in [0, 0.1) is 5.82 Å². The van der Waals surface area contributed by atoms with Gasteiger partial charge in [-0.05, 0) is 49.1 Å². The van der Waals surface area contributed by atoms with Crippen LogP contribution in [0.5, 0.6) is 5.75 Å². The first-order valence-corrected chi connectivity index (χ1v) is 7.36. The van der Waals surface area contributed by atoms with Crippen molar-refractivity contribution >= 4 is 0 Å². The molecule has 0 radical (unpaired) electrons. The minimum Gasteiger partial charge on any atom is -0.492 e. The van der Waals surface area contributed by atoms with Gasteiger partial charge in [-0.1, -0.05) is 6.07 Å². The van der Waals surface area contributed by atoms with Crippen LogP contribution in [0.15, 0.2) is 36.7 Å². The molecule has 3 rings (SSSR count). The molecule has 1 fully saturated rings. The lowest BCUT2D eigenvalue weighted by molar-refractivity contribution is 0.339. The zero-order valence-corrected chi connectivity index (χ0v) is 12.1. The molecule has 3 nitrogen and oxygen atoms in total. The van der Waals surface area contributed by atoms with Crippen LogP contribution in [0.3, 0.4) is 0 Å². The molecule has 1 aromatic carbocycles. The number of pyridine rings is 1. The molecule has 1 aromatic heterocycles. The molecule has 1 aliphatic rings. The molecule has 0 spiro atoms. The summed E-state index contributed by atoms with van der Waals surface area (Å²) in [6.45, 7) is 3.22. The van der Waals surface area contributed by atoms with Gasteiger partial charge in [-0.15, -0.1) is 0 Å². The number of hydrogen-bond acceptors (Lipinski definition) is 3. The molecule has 1 heterocycles. The molecule has 1 aliphatic carbocycles. The third kappa shape index (κ3) is 3.58. The summed E-state index contributed by atoms with van der Waals surface area (Å²) in [7, 11) is 0. The van der Waals surface area contributed by atoms with E-state index in [-0.39, 0.29) is 5.82 Å². The average molecular weight is 286 g/mol. The van der Waals surface area contributed by atoms with Gasteiger partial charge in [-0.3, -0.25) is 4.98 Å². The molecule has 0 saturated heterocycles. The summed E-state index contributed by atoms with van der Waals surface area (Å²) >= 11 is 0. The minimum absolute atomic E-state index is 0.208. The van der Waals surface area contributed by atoms with E-state index in [1.807, 2.05) is 19.1 Å². The maximum atomic E-state index is 13.5. The highest BCUT2D eigenvalue weighted by atomic mass is 19.1. The van der Waals surface area contributed by atoms with Crippen molar-refractivity contribution < 1.29 is 9.13 Å². The fourth-order valence-electron chi connectivity index (χ4n) is 2.34. The average Bonchev–Trinajstić information content (AvgIpc) is 3.30. The molecule has 0 aliphatic heterocycles. The van der Waals surface area contributed by atoms with Crippen LogP contribution in [-0.2, 0) is 6.54 Å². The van der Waals surface area contributed by atoms with Crippen molar-refractivity contribution in [2.24, 2.45) is 0 Å². The molecule has 1 N–H and O–H groups in total. The van der Waals surface area contributed by atoms with E-state index < -0.39 is 0 Å². The van der Waals surface area contributed by atoms with Crippen molar-refractivity contribution in [3.05, 3.63) is 48.0 Å². The molecular weight excluding hydrogens is 267 g/mol. The number of nitrogens with one attached hydrogen (secondary N) is 1. The highest BCUT2D eigenvalue weighted by Crippen LogP contribution is 2.28. The number of rotatable bonds is 6. The lowest BCUT2D eigenvalue weighted by Gasteiger charge is -2.12. The van der Waals surface area contributed by atoms with Gasteiger partial charge < -0.3 is 10.1 Å². The van der Waals surface area contributed by atoms with Gasteiger partial charge in [0.2, 0.25) is 0 Å². The maximum absolute atomic E-state index is 13.5. The van der Waals surface area contributed by atoms with Crippen LogP contribution in [0.4, 0.5) is 4.39 Å². The van der Waals surface area contributed by atoms with E-state index in [4.69, 9.17) is 4.74 Å². The number of halogens is 1. The van der Waals surface area contributed by atoms with Crippen molar-refractivity contribution in [3.63, 3.8) is 0 Å². The molecule has 110 valence electrons. The van der Waals surface area contributed by atoms with Crippen LogP contribution < -0.4 is 10.1 Å². The van der Waals surface area contributed by atoms with Crippen molar-refractivity contribution in [1.29, 1.82) is 0 Å². The number of ether oxygens (including phenoxy) is 1. The normalized spacial score (nSPS) is 14.2. The molecule has 2 aromatic rings. The largest absolute Gasteiger partial charge is 0.492 e. The Kier molecular flexibility index (Phi) is 4.15. The summed E-state index contributed by atoms with van der Waals surface area (Å²) in [5, 5.41) is 3.43. The van der Waals surface area contributed by atoms with Gasteiger partial charge in [0.25, 0.3) is 0 Å². The second-order valence-electron chi connectivity index (χ2n) is 5.30. The van der Waals surface area contributed by atoms with E-state index >= 15 is 0 Å². The van der Waals surface area contributed by atoms with Gasteiger partial charge in [-0.25, -0.2) is 4.39 Å². The summed E-state index contributed by atoms with van der Waals surface area (Å²) in [6.07, 6.45) is 5.91. The summed E-state index contributed by atoms with van der Waals surface area (Å²) in [5.74, 6) is 0.528. The first-order chi connectivity index (χ1) is 10.3. The minimum atomic E-state index is -0.208. The Hall–Kier alpha value is -1.94. The van der Waals surface area contributed by atoms with E-state index in [2.05, 4.69) is 10.3 Å². The first kappa shape index (κ1) is 14.0. The van der Waals surface area contributed by atoms with Gasteiger partial charge in [0.15, 0.2) is 0 Å². The molecule has 0 atom stereocenters. The monoisotopic (exact) mass is 286 g/mol. The van der Waals surface area contributed by atoms with Crippen LogP contribution >= 0.6 is 0 Å². The van der Waals surface area contributed by atoms with Crippen LogP contribution in [-0.4, -0.2) is 17.6 Å². The van der Waals surface area contributed by atoms with Crippen molar-refractivity contribution in [3.8, 4) is 16.9 Å². The zero-order valence-electron chi connectivity index (χ0n) is 12.1. The third-order valence-corrected chi connectivity index (χ3v) is 3.56. The summed E-state index contributed by atoms with van der Waals surface area (Å²) in [6, 6.07) is 7.44.